The van der Waals surface area contributed by atoms with Crippen LogP contribution in [0.2, 0.25) is 0 Å². The summed E-state index contributed by atoms with van der Waals surface area (Å²) in [7, 11) is 1.88. The highest BCUT2D eigenvalue weighted by Gasteiger charge is 2.07. The normalized spacial score (nSPS) is 11.1. The molecular formula is C10H14N4. The predicted molar refractivity (Wildman–Crippen MR) is 56.6 cm³/mol. The molecule has 0 aliphatic rings. The summed E-state index contributed by atoms with van der Waals surface area (Å²) in [6.07, 6.45) is 1.78. The van der Waals surface area contributed by atoms with Crippen molar-refractivity contribution in [1.82, 2.24) is 14.6 Å². The number of nitrogens with zero attached hydrogens (tertiary/aromatic N) is 3. The maximum atomic E-state index is 4.47. The van der Waals surface area contributed by atoms with E-state index in [4.69, 9.17) is 0 Å². The zero-order valence-electron chi connectivity index (χ0n) is 8.65. The molecule has 4 heteroatoms. The maximum Gasteiger partial charge on any atom is 0.157 e. The lowest BCUT2D eigenvalue weighted by Gasteiger charge is -2.01. The first-order valence-corrected chi connectivity index (χ1v) is 4.75. The number of hydrogen-bond acceptors (Lipinski definition) is 3. The van der Waals surface area contributed by atoms with E-state index in [0.29, 0.717) is 5.92 Å². The first-order valence-electron chi connectivity index (χ1n) is 4.75. The van der Waals surface area contributed by atoms with Crippen molar-refractivity contribution in [3.05, 3.63) is 24.0 Å². The van der Waals surface area contributed by atoms with E-state index >= 15 is 0 Å². The van der Waals surface area contributed by atoms with Gasteiger partial charge in [-0.05, 0) is 12.0 Å². The Balaban J connectivity index is 2.64. The third-order valence-corrected chi connectivity index (χ3v) is 2.22. The zero-order valence-corrected chi connectivity index (χ0v) is 8.65. The fraction of sp³-hybridized carbons (Fsp3) is 0.400. The van der Waals surface area contributed by atoms with E-state index in [1.54, 1.807) is 6.20 Å². The van der Waals surface area contributed by atoms with Gasteiger partial charge in [0.25, 0.3) is 0 Å². The second kappa shape index (κ2) is 3.29. The van der Waals surface area contributed by atoms with Gasteiger partial charge in [0.05, 0.1) is 5.69 Å². The van der Waals surface area contributed by atoms with Crippen LogP contribution in [-0.4, -0.2) is 21.6 Å². The molecule has 2 aromatic heterocycles. The average Bonchev–Trinajstić information content (AvgIpc) is 2.60. The highest BCUT2D eigenvalue weighted by atomic mass is 15.3. The van der Waals surface area contributed by atoms with Crippen molar-refractivity contribution in [1.29, 1.82) is 0 Å². The molecule has 2 heterocycles. The Bertz CT molecular complexity index is 444. The summed E-state index contributed by atoms with van der Waals surface area (Å²) < 4.78 is 1.83. The summed E-state index contributed by atoms with van der Waals surface area (Å²) in [5.74, 6) is 1.39. The lowest BCUT2D eigenvalue weighted by molar-refractivity contribution is 0.788. The standard InChI is InChI=1S/C10H14N4/c1-7(2)8-6-10-12-5-4-9(11-3)14(10)13-8/h4-7,11H,1-3H3. The van der Waals surface area contributed by atoms with Crippen molar-refractivity contribution in [2.24, 2.45) is 0 Å². The fourth-order valence-corrected chi connectivity index (χ4v) is 1.38. The molecule has 1 N–H and O–H groups in total. The fourth-order valence-electron chi connectivity index (χ4n) is 1.38. The molecule has 2 aromatic rings. The molecular weight excluding hydrogens is 176 g/mol. The van der Waals surface area contributed by atoms with Gasteiger partial charge in [0.15, 0.2) is 5.65 Å². The van der Waals surface area contributed by atoms with Crippen molar-refractivity contribution in [2.45, 2.75) is 19.8 Å². The van der Waals surface area contributed by atoms with Gasteiger partial charge in [-0.2, -0.15) is 9.61 Å². The molecule has 0 fully saturated rings. The van der Waals surface area contributed by atoms with Gasteiger partial charge in [-0.1, -0.05) is 13.8 Å². The van der Waals surface area contributed by atoms with E-state index in [0.717, 1.165) is 17.2 Å². The summed E-state index contributed by atoms with van der Waals surface area (Å²) in [5.41, 5.74) is 1.96. The van der Waals surface area contributed by atoms with Crippen LogP contribution in [0.3, 0.4) is 0 Å². The molecule has 0 radical (unpaired) electrons. The average molecular weight is 190 g/mol. The monoisotopic (exact) mass is 190 g/mol. The Morgan fingerprint density at radius 1 is 1.43 bits per heavy atom. The third-order valence-electron chi connectivity index (χ3n) is 2.22. The van der Waals surface area contributed by atoms with Gasteiger partial charge in [0.1, 0.15) is 5.82 Å². The summed E-state index contributed by atoms with van der Waals surface area (Å²) in [6, 6.07) is 3.93. The summed E-state index contributed by atoms with van der Waals surface area (Å²) in [5, 5.41) is 7.56. The van der Waals surface area contributed by atoms with E-state index in [9.17, 15) is 0 Å². The molecule has 0 spiro atoms. The Kier molecular flexibility index (Phi) is 2.11. The van der Waals surface area contributed by atoms with Crippen LogP contribution in [0.25, 0.3) is 5.65 Å². The smallest absolute Gasteiger partial charge is 0.157 e. The molecule has 0 aliphatic carbocycles. The molecule has 4 nitrogen and oxygen atoms in total. The van der Waals surface area contributed by atoms with Crippen LogP contribution in [-0.2, 0) is 0 Å². The predicted octanol–water partition coefficient (Wildman–Crippen LogP) is 1.89. The second-order valence-electron chi connectivity index (χ2n) is 3.57. The SMILES string of the molecule is CNc1ccnc2cc(C(C)C)nn12. The van der Waals surface area contributed by atoms with Crippen molar-refractivity contribution in [3.63, 3.8) is 0 Å². The second-order valence-corrected chi connectivity index (χ2v) is 3.57. The van der Waals surface area contributed by atoms with Gasteiger partial charge in [-0.15, -0.1) is 0 Å². The van der Waals surface area contributed by atoms with Gasteiger partial charge >= 0.3 is 0 Å². The van der Waals surface area contributed by atoms with Crippen LogP contribution in [0, 0.1) is 0 Å². The topological polar surface area (TPSA) is 42.2 Å². The quantitative estimate of drug-likeness (QED) is 0.786. The van der Waals surface area contributed by atoms with Crippen LogP contribution >= 0.6 is 0 Å². The first-order chi connectivity index (χ1) is 6.72. The third kappa shape index (κ3) is 1.32. The van der Waals surface area contributed by atoms with Crippen molar-refractivity contribution < 1.29 is 0 Å². The molecule has 14 heavy (non-hydrogen) atoms. The molecule has 2 rings (SSSR count). The number of aromatic nitrogens is 3. The molecule has 0 unspecified atom stereocenters. The van der Waals surface area contributed by atoms with Crippen LogP contribution in [0.1, 0.15) is 25.5 Å². The number of anilines is 1. The van der Waals surface area contributed by atoms with Gasteiger partial charge in [-0.3, -0.25) is 0 Å². The first kappa shape index (κ1) is 8.99. The summed E-state index contributed by atoms with van der Waals surface area (Å²) in [4.78, 5) is 4.25. The lowest BCUT2D eigenvalue weighted by Crippen LogP contribution is -2.00. The van der Waals surface area contributed by atoms with Gasteiger partial charge in [0.2, 0.25) is 0 Å². The molecule has 0 aromatic carbocycles. The zero-order chi connectivity index (χ0) is 10.1. The number of nitrogens with one attached hydrogen (secondary N) is 1. The minimum absolute atomic E-state index is 0.432. The van der Waals surface area contributed by atoms with Crippen molar-refractivity contribution >= 4 is 11.5 Å². The van der Waals surface area contributed by atoms with Crippen molar-refractivity contribution in [2.75, 3.05) is 12.4 Å². The molecule has 0 atom stereocenters. The van der Waals surface area contributed by atoms with Crippen molar-refractivity contribution in [3.8, 4) is 0 Å². The summed E-state index contributed by atoms with van der Waals surface area (Å²) >= 11 is 0. The molecule has 0 saturated carbocycles. The minimum Gasteiger partial charge on any atom is -0.373 e. The molecule has 0 amide bonds. The number of hydrogen-bond donors (Lipinski definition) is 1. The van der Waals surface area contributed by atoms with Crippen LogP contribution < -0.4 is 5.32 Å². The van der Waals surface area contributed by atoms with E-state index in [1.165, 1.54) is 0 Å². The molecule has 74 valence electrons. The highest BCUT2D eigenvalue weighted by Crippen LogP contribution is 2.16. The van der Waals surface area contributed by atoms with Gasteiger partial charge < -0.3 is 5.32 Å². The Hall–Kier alpha value is -1.58. The summed E-state index contributed by atoms with van der Waals surface area (Å²) in [6.45, 7) is 4.25. The van der Waals surface area contributed by atoms with Gasteiger partial charge in [-0.25, -0.2) is 4.98 Å². The maximum absolute atomic E-state index is 4.47. The van der Waals surface area contributed by atoms with E-state index in [-0.39, 0.29) is 0 Å². The lowest BCUT2D eigenvalue weighted by atomic mass is 10.1. The molecule has 0 saturated heterocycles. The Morgan fingerprint density at radius 2 is 2.21 bits per heavy atom. The van der Waals surface area contributed by atoms with Crippen LogP contribution in [0.4, 0.5) is 5.82 Å². The van der Waals surface area contributed by atoms with Crippen LogP contribution in [0.5, 0.6) is 0 Å². The molecule has 0 bridgehead atoms. The highest BCUT2D eigenvalue weighted by molar-refractivity contribution is 5.48. The Labute approximate surface area is 83.0 Å². The Morgan fingerprint density at radius 3 is 2.86 bits per heavy atom. The van der Waals surface area contributed by atoms with Crippen LogP contribution in [0.15, 0.2) is 18.3 Å². The number of fused-ring (bicyclic) bond motifs is 1. The minimum atomic E-state index is 0.432. The molecule has 0 aliphatic heterocycles. The van der Waals surface area contributed by atoms with E-state index < -0.39 is 0 Å². The largest absolute Gasteiger partial charge is 0.373 e. The van der Waals surface area contributed by atoms with Gasteiger partial charge in [0, 0.05) is 19.3 Å². The van der Waals surface area contributed by atoms with E-state index in [1.807, 2.05) is 23.7 Å². The number of rotatable bonds is 2. The van der Waals surface area contributed by atoms with E-state index in [2.05, 4.69) is 29.2 Å².